The van der Waals surface area contributed by atoms with E-state index in [1.807, 2.05) is 13.8 Å². The van der Waals surface area contributed by atoms with Crippen LogP contribution in [-0.2, 0) is 24.3 Å². The van der Waals surface area contributed by atoms with Gasteiger partial charge < -0.3 is 5.11 Å². The average Bonchev–Trinajstić information content (AvgIpc) is 2.59. The van der Waals surface area contributed by atoms with Crippen LogP contribution in [0.4, 0.5) is 0 Å². The number of aliphatic hydroxyl groups is 1. The fourth-order valence-electron chi connectivity index (χ4n) is 2.01. The summed E-state index contributed by atoms with van der Waals surface area (Å²) in [6, 6.07) is 12.3. The summed E-state index contributed by atoms with van der Waals surface area (Å²) < 4.78 is 55.3. The summed E-state index contributed by atoms with van der Waals surface area (Å²) in [5.74, 6) is 0. The average molecular weight is 399 g/mol. The van der Waals surface area contributed by atoms with Crippen molar-refractivity contribution in [2.45, 2.75) is 29.7 Å². The number of hydrogen-bond donors (Lipinski definition) is 2. The molecule has 0 spiro atoms. The Hall–Kier alpha value is -1.78. The van der Waals surface area contributed by atoms with Crippen molar-refractivity contribution in [3.63, 3.8) is 0 Å². The Bertz CT molecular complexity index is 856. The van der Waals surface area contributed by atoms with E-state index >= 15 is 0 Å². The maximum Gasteiger partial charge on any atom is 0.297 e. The first kappa shape index (κ1) is 20.5. The quantitative estimate of drug-likeness (QED) is 0.649. The van der Waals surface area contributed by atoms with E-state index in [-0.39, 0.29) is 16.3 Å². The third kappa shape index (κ3) is 5.61. The Kier molecular flexibility index (Phi) is 6.53. The molecule has 7 nitrogen and oxygen atoms in total. The van der Waals surface area contributed by atoms with E-state index in [0.29, 0.717) is 0 Å². The van der Waals surface area contributed by atoms with Crippen LogP contribution in [-0.4, -0.2) is 41.2 Å². The second-order valence-electron chi connectivity index (χ2n) is 5.87. The predicted molar refractivity (Wildman–Crippen MR) is 96.7 cm³/mol. The normalized spacial score (nSPS) is 13.5. The number of sulfonamides is 1. The fourth-order valence-corrected chi connectivity index (χ4v) is 4.02. The van der Waals surface area contributed by atoms with Crippen LogP contribution in [0.15, 0.2) is 58.3 Å². The smallest absolute Gasteiger partial charge is 0.297 e. The predicted octanol–water partition coefficient (Wildman–Crippen LogP) is 1.35. The van der Waals surface area contributed by atoms with Crippen LogP contribution >= 0.6 is 0 Å². The van der Waals surface area contributed by atoms with Crippen molar-refractivity contribution < 1.29 is 26.1 Å². The van der Waals surface area contributed by atoms with Gasteiger partial charge >= 0.3 is 0 Å². The standard InChI is InChI=1S/C17H21NO6S2/c1-13-3-7-16(8-4-13)25(20,21)18-11-15(19)12-24-26(22,23)17-9-5-14(2)6-10-17/h3-10,15,18-19H,11-12H2,1-2H3. The van der Waals surface area contributed by atoms with Gasteiger partial charge in [0.1, 0.15) is 0 Å². The first-order valence-corrected chi connectivity index (χ1v) is 10.7. The molecule has 2 rings (SSSR count). The maximum atomic E-state index is 12.1. The van der Waals surface area contributed by atoms with E-state index in [1.54, 1.807) is 24.3 Å². The minimum Gasteiger partial charge on any atom is -0.389 e. The summed E-state index contributed by atoms with van der Waals surface area (Å²) in [7, 11) is -7.82. The van der Waals surface area contributed by atoms with Gasteiger partial charge in [0.2, 0.25) is 10.0 Å². The van der Waals surface area contributed by atoms with Crippen molar-refractivity contribution in [1.82, 2.24) is 4.72 Å². The molecule has 0 aliphatic rings. The van der Waals surface area contributed by atoms with E-state index in [4.69, 9.17) is 4.18 Å². The van der Waals surface area contributed by atoms with E-state index in [9.17, 15) is 21.9 Å². The van der Waals surface area contributed by atoms with E-state index in [0.717, 1.165) is 11.1 Å². The molecule has 26 heavy (non-hydrogen) atoms. The molecule has 1 unspecified atom stereocenters. The molecule has 0 saturated carbocycles. The van der Waals surface area contributed by atoms with Gasteiger partial charge in [0, 0.05) is 6.54 Å². The van der Waals surface area contributed by atoms with Crippen LogP contribution in [0.3, 0.4) is 0 Å². The highest BCUT2D eigenvalue weighted by atomic mass is 32.2. The highest BCUT2D eigenvalue weighted by Crippen LogP contribution is 2.14. The molecule has 0 heterocycles. The van der Waals surface area contributed by atoms with Gasteiger partial charge in [-0.2, -0.15) is 8.42 Å². The Morgan fingerprint density at radius 2 is 1.35 bits per heavy atom. The zero-order valence-corrected chi connectivity index (χ0v) is 16.0. The second-order valence-corrected chi connectivity index (χ2v) is 9.25. The van der Waals surface area contributed by atoms with Gasteiger partial charge in [0.25, 0.3) is 10.1 Å². The monoisotopic (exact) mass is 399 g/mol. The number of aliphatic hydroxyl groups excluding tert-OH is 1. The highest BCUT2D eigenvalue weighted by molar-refractivity contribution is 7.89. The Balaban J connectivity index is 1.91. The van der Waals surface area contributed by atoms with Crippen molar-refractivity contribution in [1.29, 1.82) is 0 Å². The molecule has 0 aliphatic heterocycles. The van der Waals surface area contributed by atoms with Crippen molar-refractivity contribution in [3.05, 3.63) is 59.7 Å². The van der Waals surface area contributed by atoms with Gasteiger partial charge in [-0.1, -0.05) is 35.4 Å². The lowest BCUT2D eigenvalue weighted by Crippen LogP contribution is -2.35. The Morgan fingerprint density at radius 3 is 1.85 bits per heavy atom. The van der Waals surface area contributed by atoms with Crippen LogP contribution < -0.4 is 4.72 Å². The number of aryl methyl sites for hydroxylation is 2. The third-order valence-electron chi connectivity index (χ3n) is 3.57. The molecule has 0 fully saturated rings. The molecule has 0 aliphatic carbocycles. The van der Waals surface area contributed by atoms with Crippen LogP contribution in [0.25, 0.3) is 0 Å². The minimum atomic E-state index is -4.02. The Morgan fingerprint density at radius 1 is 0.885 bits per heavy atom. The number of rotatable bonds is 8. The van der Waals surface area contributed by atoms with Crippen molar-refractivity contribution in [3.8, 4) is 0 Å². The SMILES string of the molecule is Cc1ccc(S(=O)(=O)NCC(O)COS(=O)(=O)c2ccc(C)cc2)cc1. The Labute approximate surface area is 153 Å². The van der Waals surface area contributed by atoms with Crippen molar-refractivity contribution in [2.75, 3.05) is 13.2 Å². The summed E-state index contributed by atoms with van der Waals surface area (Å²) >= 11 is 0. The molecular formula is C17H21NO6S2. The molecular weight excluding hydrogens is 378 g/mol. The van der Waals surface area contributed by atoms with Gasteiger partial charge in [-0.3, -0.25) is 4.18 Å². The molecule has 0 saturated heterocycles. The summed E-state index contributed by atoms with van der Waals surface area (Å²) in [5, 5.41) is 9.84. The molecule has 1 atom stereocenters. The zero-order valence-electron chi connectivity index (χ0n) is 14.4. The van der Waals surface area contributed by atoms with Crippen LogP contribution in [0.2, 0.25) is 0 Å². The number of benzene rings is 2. The summed E-state index contributed by atoms with van der Waals surface area (Å²) in [5.41, 5.74) is 1.81. The lowest BCUT2D eigenvalue weighted by atomic mass is 10.2. The highest BCUT2D eigenvalue weighted by Gasteiger charge is 2.19. The molecule has 2 aromatic rings. The van der Waals surface area contributed by atoms with Gasteiger partial charge in [0.15, 0.2) is 0 Å². The van der Waals surface area contributed by atoms with Gasteiger partial charge in [-0.25, -0.2) is 13.1 Å². The molecule has 2 aromatic carbocycles. The molecule has 0 bridgehead atoms. The van der Waals surface area contributed by atoms with Crippen LogP contribution in [0.5, 0.6) is 0 Å². The summed E-state index contributed by atoms with van der Waals surface area (Å²) in [6.07, 6.45) is -1.32. The molecule has 142 valence electrons. The van der Waals surface area contributed by atoms with E-state index in [1.165, 1.54) is 24.3 Å². The molecule has 2 N–H and O–H groups in total. The van der Waals surface area contributed by atoms with Crippen LogP contribution in [0, 0.1) is 13.8 Å². The molecule has 9 heteroatoms. The maximum absolute atomic E-state index is 12.1. The largest absolute Gasteiger partial charge is 0.389 e. The van der Waals surface area contributed by atoms with E-state index in [2.05, 4.69) is 4.72 Å². The number of hydrogen-bond acceptors (Lipinski definition) is 6. The van der Waals surface area contributed by atoms with Gasteiger partial charge in [0.05, 0.1) is 22.5 Å². The van der Waals surface area contributed by atoms with Crippen molar-refractivity contribution >= 4 is 20.1 Å². The minimum absolute atomic E-state index is 0.0319. The summed E-state index contributed by atoms with van der Waals surface area (Å²) in [6.45, 7) is 2.72. The molecule has 0 radical (unpaired) electrons. The number of nitrogens with one attached hydrogen (secondary N) is 1. The van der Waals surface area contributed by atoms with Crippen molar-refractivity contribution in [2.24, 2.45) is 0 Å². The summed E-state index contributed by atoms with van der Waals surface area (Å²) in [4.78, 5) is 0.0269. The van der Waals surface area contributed by atoms with Gasteiger partial charge in [-0.15, -0.1) is 0 Å². The zero-order chi connectivity index (χ0) is 19.4. The first-order valence-electron chi connectivity index (χ1n) is 7.81. The van der Waals surface area contributed by atoms with E-state index < -0.39 is 32.9 Å². The van der Waals surface area contributed by atoms with Crippen LogP contribution in [0.1, 0.15) is 11.1 Å². The first-order chi connectivity index (χ1) is 12.1. The molecule has 0 amide bonds. The second kappa shape index (κ2) is 8.28. The topological polar surface area (TPSA) is 110 Å². The lowest BCUT2D eigenvalue weighted by Gasteiger charge is -2.13. The lowest BCUT2D eigenvalue weighted by molar-refractivity contribution is 0.114. The molecule has 0 aromatic heterocycles. The fraction of sp³-hybridized carbons (Fsp3) is 0.294. The van der Waals surface area contributed by atoms with Gasteiger partial charge in [-0.05, 0) is 38.1 Å². The third-order valence-corrected chi connectivity index (χ3v) is 6.30.